The molecule has 0 bridgehead atoms. The molecule has 0 N–H and O–H groups in total. The minimum absolute atomic E-state index is 0. The topological polar surface area (TPSA) is 27.7 Å². The molecule has 0 aliphatic carbocycles. The maximum absolute atomic E-state index is 4.93. The molecule has 0 rings (SSSR count). The zero-order valence-electron chi connectivity index (χ0n) is 6.22. The van der Waals surface area contributed by atoms with Crippen molar-refractivity contribution in [1.82, 2.24) is 0 Å². The summed E-state index contributed by atoms with van der Waals surface area (Å²) >= 11 is 0. The first-order valence-electron chi connectivity index (χ1n) is 2.34. The first-order chi connectivity index (χ1) is 3.68. The molecule has 0 aromatic heterocycles. The van der Waals surface area contributed by atoms with Gasteiger partial charge in [-0.1, -0.05) is 0 Å². The summed E-state index contributed by atoms with van der Waals surface area (Å²) in [5.74, 6) is 0. The number of hydrogen-bond donors (Lipinski definition) is 0. The van der Waals surface area contributed by atoms with Crippen molar-refractivity contribution < 1.29 is 54.1 Å². The van der Waals surface area contributed by atoms with Crippen LogP contribution in [-0.2, 0) is 13.3 Å². The van der Waals surface area contributed by atoms with Gasteiger partial charge in [-0.3, -0.25) is 0 Å². The van der Waals surface area contributed by atoms with Crippen molar-refractivity contribution in [3.05, 3.63) is 0 Å². The molecule has 3 nitrogen and oxygen atoms in total. The summed E-state index contributed by atoms with van der Waals surface area (Å²) in [4.78, 5) is 0. The molecule has 0 saturated heterocycles. The molecule has 0 spiro atoms. The van der Waals surface area contributed by atoms with E-state index in [2.05, 4.69) is 0 Å². The van der Waals surface area contributed by atoms with Crippen molar-refractivity contribution in [3.8, 4) is 0 Å². The van der Waals surface area contributed by atoms with Gasteiger partial charge >= 0.3 is 8.80 Å². The minimum atomic E-state index is -2.17. The minimum Gasteiger partial charge on any atom is -0.377 e. The van der Waals surface area contributed by atoms with Gasteiger partial charge in [0.25, 0.3) is 0 Å². The molecular weight excluding hydrogens is 268 g/mol. The van der Waals surface area contributed by atoms with Crippen LogP contribution in [0.3, 0.4) is 0 Å². The molecule has 0 radical (unpaired) electrons. The standard InChI is InChI=1S/C4H12O3Si.Nd/c1-5-8(4,6-2)7-3;/h1-4H3;. The van der Waals surface area contributed by atoms with E-state index in [1.165, 1.54) is 0 Å². The van der Waals surface area contributed by atoms with Gasteiger partial charge in [0.2, 0.25) is 0 Å². The molecule has 54 valence electrons. The summed E-state index contributed by atoms with van der Waals surface area (Å²) in [6, 6.07) is 0. The molecule has 0 atom stereocenters. The molecular formula is C4H12NdO3Si. The van der Waals surface area contributed by atoms with Crippen molar-refractivity contribution in [1.29, 1.82) is 0 Å². The fourth-order valence-corrected chi connectivity index (χ4v) is 0.750. The van der Waals surface area contributed by atoms with Crippen LogP contribution < -0.4 is 0 Å². The fourth-order valence-electron chi connectivity index (χ4n) is 0.250. The summed E-state index contributed by atoms with van der Waals surface area (Å²) in [6.07, 6.45) is 0. The average molecular weight is 280 g/mol. The summed E-state index contributed by atoms with van der Waals surface area (Å²) in [6.45, 7) is 1.83. The van der Waals surface area contributed by atoms with E-state index >= 15 is 0 Å². The Hall–Kier alpha value is 1.45. The van der Waals surface area contributed by atoms with Gasteiger partial charge in [0.15, 0.2) is 0 Å². The molecule has 0 saturated carbocycles. The van der Waals surface area contributed by atoms with Crippen LogP contribution in [0.5, 0.6) is 0 Å². The Labute approximate surface area is 90.0 Å². The van der Waals surface area contributed by atoms with E-state index in [0.29, 0.717) is 0 Å². The van der Waals surface area contributed by atoms with Crippen LogP contribution in [0.2, 0.25) is 6.55 Å². The second-order valence-corrected chi connectivity index (χ2v) is 4.42. The summed E-state index contributed by atoms with van der Waals surface area (Å²) < 4.78 is 14.8. The van der Waals surface area contributed by atoms with E-state index in [1.807, 2.05) is 6.55 Å². The van der Waals surface area contributed by atoms with Crippen molar-refractivity contribution >= 4 is 8.80 Å². The maximum Gasteiger partial charge on any atom is 0.496 e. The molecule has 0 amide bonds. The summed E-state index contributed by atoms with van der Waals surface area (Å²) in [7, 11) is 2.58. The van der Waals surface area contributed by atoms with Gasteiger partial charge in [0.1, 0.15) is 0 Å². The van der Waals surface area contributed by atoms with E-state index < -0.39 is 8.80 Å². The van der Waals surface area contributed by atoms with Gasteiger partial charge in [-0.25, -0.2) is 0 Å². The molecule has 5 heteroatoms. The van der Waals surface area contributed by atoms with Crippen molar-refractivity contribution in [3.63, 3.8) is 0 Å². The Bertz CT molecular complexity index is 58.6. The Morgan fingerprint density at radius 3 is 1.11 bits per heavy atom. The molecule has 9 heavy (non-hydrogen) atoms. The van der Waals surface area contributed by atoms with Gasteiger partial charge in [0, 0.05) is 68.7 Å². The fraction of sp³-hybridized carbons (Fsp3) is 1.00. The van der Waals surface area contributed by atoms with Crippen molar-refractivity contribution in [2.45, 2.75) is 6.55 Å². The van der Waals surface area contributed by atoms with Crippen LogP contribution in [0, 0.1) is 40.8 Å². The second kappa shape index (κ2) is 6.18. The van der Waals surface area contributed by atoms with E-state index in [-0.39, 0.29) is 40.8 Å². The summed E-state index contributed by atoms with van der Waals surface area (Å²) in [5, 5.41) is 0. The first kappa shape index (κ1) is 13.1. The summed E-state index contributed by atoms with van der Waals surface area (Å²) in [5.41, 5.74) is 0. The van der Waals surface area contributed by atoms with Crippen LogP contribution in [0.25, 0.3) is 0 Å². The maximum atomic E-state index is 4.93. The van der Waals surface area contributed by atoms with Crippen LogP contribution >= 0.6 is 0 Å². The third-order valence-corrected chi connectivity index (χ3v) is 3.34. The molecule has 0 aliphatic heterocycles. The number of rotatable bonds is 3. The van der Waals surface area contributed by atoms with Gasteiger partial charge < -0.3 is 13.3 Å². The molecule has 0 aromatic rings. The third-order valence-electron chi connectivity index (χ3n) is 1.11. The van der Waals surface area contributed by atoms with Gasteiger partial charge in [-0.05, 0) is 0 Å². The monoisotopic (exact) mass is 278 g/mol. The van der Waals surface area contributed by atoms with E-state index in [4.69, 9.17) is 13.3 Å². The van der Waals surface area contributed by atoms with Gasteiger partial charge in [-0.15, -0.1) is 0 Å². The Kier molecular flexibility index (Phi) is 8.97. The average Bonchev–Trinajstić information content (AvgIpc) is 1.87. The molecule has 0 heterocycles. The van der Waals surface area contributed by atoms with Gasteiger partial charge in [0.05, 0.1) is 0 Å². The Balaban J connectivity index is 0. The quantitative estimate of drug-likeness (QED) is 0.705. The molecule has 0 unspecified atom stereocenters. The predicted octanol–water partition coefficient (Wildman–Crippen LogP) is 0.494. The van der Waals surface area contributed by atoms with Crippen LogP contribution in [0.15, 0.2) is 0 Å². The van der Waals surface area contributed by atoms with E-state index in [9.17, 15) is 0 Å². The Morgan fingerprint density at radius 1 is 0.889 bits per heavy atom. The Morgan fingerprint density at radius 2 is 1.11 bits per heavy atom. The van der Waals surface area contributed by atoms with Crippen molar-refractivity contribution in [2.75, 3.05) is 21.3 Å². The second-order valence-electron chi connectivity index (χ2n) is 1.47. The zero-order valence-corrected chi connectivity index (χ0v) is 10.4. The van der Waals surface area contributed by atoms with E-state index in [0.717, 1.165) is 0 Å². The SMILES string of the molecule is CO[Si](C)(OC)OC.[Nd]. The smallest absolute Gasteiger partial charge is 0.377 e. The number of hydrogen-bond acceptors (Lipinski definition) is 3. The third kappa shape index (κ3) is 4.80. The largest absolute Gasteiger partial charge is 0.496 e. The molecule has 0 fully saturated rings. The molecule has 0 aromatic carbocycles. The first-order valence-corrected chi connectivity index (χ1v) is 4.56. The molecule has 0 aliphatic rings. The van der Waals surface area contributed by atoms with Crippen LogP contribution in [0.1, 0.15) is 0 Å². The van der Waals surface area contributed by atoms with Crippen LogP contribution in [-0.4, -0.2) is 30.1 Å². The normalized spacial score (nSPS) is 10.7. The predicted molar refractivity (Wildman–Crippen MR) is 32.6 cm³/mol. The van der Waals surface area contributed by atoms with Crippen molar-refractivity contribution in [2.24, 2.45) is 0 Å². The van der Waals surface area contributed by atoms with E-state index in [1.54, 1.807) is 21.3 Å². The zero-order chi connectivity index (χ0) is 6.62. The van der Waals surface area contributed by atoms with Crippen LogP contribution in [0.4, 0.5) is 0 Å². The van der Waals surface area contributed by atoms with Gasteiger partial charge in [-0.2, -0.15) is 0 Å².